The monoisotopic (exact) mass is 167 g/mol. The lowest BCUT2D eigenvalue weighted by molar-refractivity contribution is 0.178. The normalized spacial score (nSPS) is 47.2. The van der Waals surface area contributed by atoms with Crippen molar-refractivity contribution in [2.24, 2.45) is 28.3 Å². The zero-order valence-corrected chi connectivity index (χ0v) is 8.04. The van der Waals surface area contributed by atoms with E-state index >= 15 is 0 Å². The summed E-state index contributed by atoms with van der Waals surface area (Å²) in [6.45, 7) is 6.97. The average molecular weight is 167 g/mol. The van der Waals surface area contributed by atoms with Gasteiger partial charge in [0.2, 0.25) is 0 Å². The first-order valence-electron chi connectivity index (χ1n) is 4.78. The van der Waals surface area contributed by atoms with E-state index in [0.29, 0.717) is 17.3 Å². The fourth-order valence-electron chi connectivity index (χ4n) is 2.99. The summed E-state index contributed by atoms with van der Waals surface area (Å²) in [7, 11) is 0. The van der Waals surface area contributed by atoms with Gasteiger partial charge in [-0.05, 0) is 30.1 Å². The van der Waals surface area contributed by atoms with Crippen LogP contribution < -0.4 is 0 Å². The molecule has 0 aromatic heterocycles. The molecule has 0 heterocycles. The number of fused-ring (bicyclic) bond motifs is 2. The molecule has 2 heteroatoms. The highest BCUT2D eigenvalue weighted by molar-refractivity contribution is 5.90. The molecule has 2 aliphatic rings. The van der Waals surface area contributed by atoms with Gasteiger partial charge in [0.15, 0.2) is 0 Å². The molecule has 0 aromatic rings. The van der Waals surface area contributed by atoms with Crippen LogP contribution in [0.25, 0.3) is 0 Å². The lowest BCUT2D eigenvalue weighted by atomic mass is 9.69. The molecule has 0 aliphatic heterocycles. The Morgan fingerprint density at radius 3 is 2.58 bits per heavy atom. The van der Waals surface area contributed by atoms with Crippen LogP contribution in [0.2, 0.25) is 0 Å². The van der Waals surface area contributed by atoms with E-state index in [1.54, 1.807) is 0 Å². The summed E-state index contributed by atoms with van der Waals surface area (Å²) >= 11 is 0. The SMILES string of the molecule is CC1C2CC(C/C2=N\O)C1(C)C. The third-order valence-electron chi connectivity index (χ3n) is 4.38. The van der Waals surface area contributed by atoms with Gasteiger partial charge in [-0.3, -0.25) is 0 Å². The van der Waals surface area contributed by atoms with Gasteiger partial charge in [-0.25, -0.2) is 0 Å². The molecule has 12 heavy (non-hydrogen) atoms. The standard InChI is InChI=1S/C10H17NO/c1-6-8-4-7(10(6,2)3)5-9(8)11-12/h6-8,12H,4-5H2,1-3H3/b11-9+. The highest BCUT2D eigenvalue weighted by Gasteiger charge is 2.53. The van der Waals surface area contributed by atoms with Crippen LogP contribution in [0.3, 0.4) is 0 Å². The van der Waals surface area contributed by atoms with Crippen molar-refractivity contribution in [3.05, 3.63) is 0 Å². The maximum Gasteiger partial charge on any atom is 0.0607 e. The Balaban J connectivity index is 2.29. The third-order valence-corrected chi connectivity index (χ3v) is 4.38. The first-order chi connectivity index (χ1) is 5.57. The summed E-state index contributed by atoms with van der Waals surface area (Å²) in [4.78, 5) is 0. The molecule has 0 radical (unpaired) electrons. The zero-order chi connectivity index (χ0) is 8.93. The molecular formula is C10H17NO. The third kappa shape index (κ3) is 0.782. The van der Waals surface area contributed by atoms with Gasteiger partial charge in [0.05, 0.1) is 5.71 Å². The van der Waals surface area contributed by atoms with E-state index in [9.17, 15) is 0 Å². The maximum atomic E-state index is 8.76. The van der Waals surface area contributed by atoms with Crippen molar-refractivity contribution in [2.45, 2.75) is 33.6 Å². The Hall–Kier alpha value is -0.530. The lowest BCUT2D eigenvalue weighted by Gasteiger charge is -2.36. The van der Waals surface area contributed by atoms with Gasteiger partial charge < -0.3 is 5.21 Å². The first kappa shape index (κ1) is 8.09. The quantitative estimate of drug-likeness (QED) is 0.436. The topological polar surface area (TPSA) is 32.6 Å². The van der Waals surface area contributed by atoms with Crippen molar-refractivity contribution in [1.29, 1.82) is 0 Å². The summed E-state index contributed by atoms with van der Waals surface area (Å²) in [5.74, 6) is 2.00. The second-order valence-electron chi connectivity index (χ2n) is 4.94. The lowest BCUT2D eigenvalue weighted by Crippen LogP contribution is -2.33. The predicted octanol–water partition coefficient (Wildman–Crippen LogP) is 2.52. The van der Waals surface area contributed by atoms with Crippen LogP contribution in [-0.4, -0.2) is 10.9 Å². The Morgan fingerprint density at radius 2 is 2.17 bits per heavy atom. The van der Waals surface area contributed by atoms with Crippen LogP contribution in [0.4, 0.5) is 0 Å². The number of hydrogen-bond donors (Lipinski definition) is 1. The van der Waals surface area contributed by atoms with Crippen molar-refractivity contribution in [2.75, 3.05) is 0 Å². The van der Waals surface area contributed by atoms with Gasteiger partial charge in [-0.15, -0.1) is 0 Å². The van der Waals surface area contributed by atoms with Gasteiger partial charge in [-0.2, -0.15) is 0 Å². The molecule has 68 valence electrons. The van der Waals surface area contributed by atoms with E-state index in [1.807, 2.05) is 0 Å². The van der Waals surface area contributed by atoms with Crippen LogP contribution in [0.5, 0.6) is 0 Å². The molecule has 0 saturated heterocycles. The molecule has 0 aromatic carbocycles. The van der Waals surface area contributed by atoms with Crippen molar-refractivity contribution >= 4 is 5.71 Å². The number of hydrogen-bond acceptors (Lipinski definition) is 2. The molecule has 0 amide bonds. The Labute approximate surface area is 73.7 Å². The minimum Gasteiger partial charge on any atom is -0.411 e. The van der Waals surface area contributed by atoms with Crippen LogP contribution >= 0.6 is 0 Å². The van der Waals surface area contributed by atoms with E-state index in [-0.39, 0.29) is 0 Å². The molecule has 1 N–H and O–H groups in total. The molecule has 2 bridgehead atoms. The Kier molecular flexibility index (Phi) is 1.51. The van der Waals surface area contributed by atoms with E-state index < -0.39 is 0 Å². The van der Waals surface area contributed by atoms with Gasteiger partial charge in [0.1, 0.15) is 0 Å². The fourth-order valence-corrected chi connectivity index (χ4v) is 2.99. The van der Waals surface area contributed by atoms with Gasteiger partial charge in [-0.1, -0.05) is 25.9 Å². The summed E-state index contributed by atoms with van der Waals surface area (Å²) in [6.07, 6.45) is 2.27. The fraction of sp³-hybridized carbons (Fsp3) is 0.900. The second kappa shape index (κ2) is 2.24. The minimum atomic E-state index is 0.457. The molecule has 2 aliphatic carbocycles. The largest absolute Gasteiger partial charge is 0.411 e. The highest BCUT2D eigenvalue weighted by atomic mass is 16.4. The first-order valence-corrected chi connectivity index (χ1v) is 4.78. The van der Waals surface area contributed by atoms with E-state index in [1.165, 1.54) is 6.42 Å². The molecular weight excluding hydrogens is 150 g/mol. The Bertz CT molecular complexity index is 228. The minimum absolute atomic E-state index is 0.457. The van der Waals surface area contributed by atoms with Crippen LogP contribution in [0.15, 0.2) is 5.16 Å². The molecule has 2 nitrogen and oxygen atoms in total. The van der Waals surface area contributed by atoms with Gasteiger partial charge >= 0.3 is 0 Å². The van der Waals surface area contributed by atoms with Crippen molar-refractivity contribution in [3.63, 3.8) is 0 Å². The average Bonchev–Trinajstić information content (AvgIpc) is 2.52. The zero-order valence-electron chi connectivity index (χ0n) is 8.04. The molecule has 2 rings (SSSR count). The van der Waals surface area contributed by atoms with E-state index in [0.717, 1.165) is 18.1 Å². The van der Waals surface area contributed by atoms with Crippen LogP contribution in [-0.2, 0) is 0 Å². The Morgan fingerprint density at radius 1 is 1.50 bits per heavy atom. The number of oxime groups is 1. The smallest absolute Gasteiger partial charge is 0.0607 e. The van der Waals surface area contributed by atoms with E-state index in [2.05, 4.69) is 25.9 Å². The summed E-state index contributed by atoms with van der Waals surface area (Å²) < 4.78 is 0. The van der Waals surface area contributed by atoms with Crippen molar-refractivity contribution in [1.82, 2.24) is 0 Å². The molecule has 3 atom stereocenters. The molecule has 2 fully saturated rings. The van der Waals surface area contributed by atoms with Crippen LogP contribution in [0.1, 0.15) is 33.6 Å². The second-order valence-corrected chi connectivity index (χ2v) is 4.94. The van der Waals surface area contributed by atoms with Crippen molar-refractivity contribution < 1.29 is 5.21 Å². The number of nitrogens with zero attached hydrogens (tertiary/aromatic N) is 1. The highest BCUT2D eigenvalue weighted by Crippen LogP contribution is 2.57. The molecule has 3 unspecified atom stereocenters. The number of rotatable bonds is 0. The molecule has 2 saturated carbocycles. The summed E-state index contributed by atoms with van der Waals surface area (Å²) in [6, 6.07) is 0. The van der Waals surface area contributed by atoms with Crippen molar-refractivity contribution in [3.8, 4) is 0 Å². The summed E-state index contributed by atoms with van der Waals surface area (Å²) in [5, 5.41) is 12.2. The predicted molar refractivity (Wildman–Crippen MR) is 48.4 cm³/mol. The van der Waals surface area contributed by atoms with E-state index in [4.69, 9.17) is 5.21 Å². The van der Waals surface area contributed by atoms with Gasteiger partial charge in [0, 0.05) is 5.92 Å². The van der Waals surface area contributed by atoms with Crippen LogP contribution in [0, 0.1) is 23.2 Å². The van der Waals surface area contributed by atoms with Gasteiger partial charge in [0.25, 0.3) is 0 Å². The molecule has 0 spiro atoms. The maximum absolute atomic E-state index is 8.76. The summed E-state index contributed by atoms with van der Waals surface area (Å²) in [5.41, 5.74) is 1.51.